The summed E-state index contributed by atoms with van der Waals surface area (Å²) in [4.78, 5) is 0. The Hall–Kier alpha value is -1.13. The Labute approximate surface area is 113 Å². The molecule has 3 nitrogen and oxygen atoms in total. The summed E-state index contributed by atoms with van der Waals surface area (Å²) < 4.78 is 24.9. The van der Waals surface area contributed by atoms with Crippen LogP contribution in [0.3, 0.4) is 0 Å². The second kappa shape index (κ2) is 5.88. The van der Waals surface area contributed by atoms with E-state index in [9.17, 15) is 4.39 Å². The zero-order valence-corrected chi connectivity index (χ0v) is 11.6. The van der Waals surface area contributed by atoms with Crippen molar-refractivity contribution in [2.45, 2.75) is 44.8 Å². The molecule has 1 aromatic rings. The van der Waals surface area contributed by atoms with Crippen LogP contribution in [0, 0.1) is 5.82 Å². The van der Waals surface area contributed by atoms with Gasteiger partial charge in [0.15, 0.2) is 11.6 Å². The lowest BCUT2D eigenvalue weighted by Crippen LogP contribution is -2.34. The summed E-state index contributed by atoms with van der Waals surface area (Å²) in [5.41, 5.74) is 6.49. The molecule has 0 bridgehead atoms. The summed E-state index contributed by atoms with van der Waals surface area (Å²) >= 11 is 0. The third kappa shape index (κ3) is 4.48. The highest BCUT2D eigenvalue weighted by Crippen LogP contribution is 2.23. The standard InChI is InChI=1S/C15H22FNO2/c1-15(2,17)10-11-3-4-14(13(16)9-11)19-12-5-7-18-8-6-12/h3-4,9,12H,5-8,10,17H2,1-2H3. The van der Waals surface area contributed by atoms with Gasteiger partial charge in [-0.25, -0.2) is 4.39 Å². The van der Waals surface area contributed by atoms with E-state index in [0.717, 1.165) is 18.4 Å². The second-order valence-corrected chi connectivity index (χ2v) is 5.86. The van der Waals surface area contributed by atoms with Crippen LogP contribution in [0.5, 0.6) is 5.75 Å². The van der Waals surface area contributed by atoms with E-state index in [4.69, 9.17) is 15.2 Å². The number of ether oxygens (including phenoxy) is 2. The molecule has 106 valence electrons. The smallest absolute Gasteiger partial charge is 0.165 e. The average molecular weight is 267 g/mol. The first-order chi connectivity index (χ1) is 8.94. The van der Waals surface area contributed by atoms with Crippen LogP contribution in [0.1, 0.15) is 32.3 Å². The van der Waals surface area contributed by atoms with Crippen LogP contribution in [0.15, 0.2) is 18.2 Å². The average Bonchev–Trinajstić information content (AvgIpc) is 2.32. The molecule has 0 aliphatic carbocycles. The number of hydrogen-bond acceptors (Lipinski definition) is 3. The van der Waals surface area contributed by atoms with Crippen LogP contribution in [-0.2, 0) is 11.2 Å². The topological polar surface area (TPSA) is 44.5 Å². The number of halogens is 1. The van der Waals surface area contributed by atoms with Crippen molar-refractivity contribution in [2.24, 2.45) is 5.73 Å². The Morgan fingerprint density at radius 1 is 1.37 bits per heavy atom. The van der Waals surface area contributed by atoms with Crippen LogP contribution < -0.4 is 10.5 Å². The minimum absolute atomic E-state index is 0.0556. The van der Waals surface area contributed by atoms with Gasteiger partial charge in [-0.3, -0.25) is 0 Å². The van der Waals surface area contributed by atoms with E-state index in [1.807, 2.05) is 19.9 Å². The third-order valence-corrected chi connectivity index (χ3v) is 3.12. The Balaban J connectivity index is 2.02. The molecule has 0 saturated carbocycles. The first kappa shape index (κ1) is 14.3. The van der Waals surface area contributed by atoms with Crippen molar-refractivity contribution < 1.29 is 13.9 Å². The van der Waals surface area contributed by atoms with Crippen LogP contribution in [-0.4, -0.2) is 24.9 Å². The van der Waals surface area contributed by atoms with Gasteiger partial charge in [0.05, 0.1) is 13.2 Å². The molecule has 4 heteroatoms. The molecular formula is C15H22FNO2. The maximum absolute atomic E-state index is 14.0. The Morgan fingerprint density at radius 2 is 2.05 bits per heavy atom. The lowest BCUT2D eigenvalue weighted by molar-refractivity contribution is 0.0240. The highest BCUT2D eigenvalue weighted by atomic mass is 19.1. The zero-order valence-electron chi connectivity index (χ0n) is 11.6. The van der Waals surface area contributed by atoms with Gasteiger partial charge in [0.2, 0.25) is 0 Å². The van der Waals surface area contributed by atoms with Crippen molar-refractivity contribution in [3.05, 3.63) is 29.6 Å². The summed E-state index contributed by atoms with van der Waals surface area (Å²) in [5.74, 6) is 0.0127. The molecule has 0 spiro atoms. The maximum atomic E-state index is 14.0. The summed E-state index contributed by atoms with van der Waals surface area (Å²) in [6.45, 7) is 5.23. The van der Waals surface area contributed by atoms with Gasteiger partial charge in [-0.2, -0.15) is 0 Å². The van der Waals surface area contributed by atoms with E-state index < -0.39 is 0 Å². The largest absolute Gasteiger partial charge is 0.487 e. The summed E-state index contributed by atoms with van der Waals surface area (Å²) in [6.07, 6.45) is 2.33. The molecule has 1 saturated heterocycles. The molecule has 0 aromatic heterocycles. The molecule has 1 heterocycles. The molecule has 0 unspecified atom stereocenters. The minimum atomic E-state index is -0.338. The normalized spacial score (nSPS) is 17.5. The van der Waals surface area contributed by atoms with Gasteiger partial charge < -0.3 is 15.2 Å². The SMILES string of the molecule is CC(C)(N)Cc1ccc(OC2CCOCC2)c(F)c1. The maximum Gasteiger partial charge on any atom is 0.165 e. The van der Waals surface area contributed by atoms with Crippen LogP contribution >= 0.6 is 0 Å². The molecular weight excluding hydrogens is 245 g/mol. The molecule has 1 aliphatic rings. The number of benzene rings is 1. The van der Waals surface area contributed by atoms with Gasteiger partial charge in [-0.05, 0) is 38.0 Å². The van der Waals surface area contributed by atoms with E-state index in [2.05, 4.69) is 0 Å². The van der Waals surface area contributed by atoms with E-state index in [1.165, 1.54) is 6.07 Å². The summed E-state index contributed by atoms with van der Waals surface area (Å²) in [6, 6.07) is 5.10. The molecule has 1 aliphatic heterocycles. The number of nitrogens with two attached hydrogens (primary N) is 1. The Kier molecular flexibility index (Phi) is 4.42. The van der Waals surface area contributed by atoms with E-state index in [1.54, 1.807) is 6.07 Å². The number of hydrogen-bond donors (Lipinski definition) is 1. The minimum Gasteiger partial charge on any atom is -0.487 e. The quantitative estimate of drug-likeness (QED) is 0.912. The molecule has 1 aromatic carbocycles. The van der Waals surface area contributed by atoms with Gasteiger partial charge in [-0.15, -0.1) is 0 Å². The predicted molar refractivity (Wildman–Crippen MR) is 72.8 cm³/mol. The van der Waals surface area contributed by atoms with Gasteiger partial charge in [0.1, 0.15) is 6.10 Å². The second-order valence-electron chi connectivity index (χ2n) is 5.86. The molecule has 2 rings (SSSR count). The van der Waals surface area contributed by atoms with Gasteiger partial charge in [0, 0.05) is 18.4 Å². The fourth-order valence-electron chi connectivity index (χ4n) is 2.25. The van der Waals surface area contributed by atoms with Crippen LogP contribution in [0.2, 0.25) is 0 Å². The fraction of sp³-hybridized carbons (Fsp3) is 0.600. The number of rotatable bonds is 4. The van der Waals surface area contributed by atoms with E-state index >= 15 is 0 Å². The van der Waals surface area contributed by atoms with Gasteiger partial charge in [-0.1, -0.05) is 6.07 Å². The summed E-state index contributed by atoms with van der Waals surface area (Å²) in [5, 5.41) is 0. The van der Waals surface area contributed by atoms with Crippen molar-refractivity contribution in [2.75, 3.05) is 13.2 Å². The molecule has 1 fully saturated rings. The fourth-order valence-corrected chi connectivity index (χ4v) is 2.25. The predicted octanol–water partition coefficient (Wildman–Crippen LogP) is 2.66. The first-order valence-corrected chi connectivity index (χ1v) is 6.76. The Bertz CT molecular complexity index is 423. The van der Waals surface area contributed by atoms with E-state index in [-0.39, 0.29) is 17.5 Å². The van der Waals surface area contributed by atoms with Crippen molar-refractivity contribution in [1.29, 1.82) is 0 Å². The molecule has 0 radical (unpaired) electrons. The highest BCUT2D eigenvalue weighted by molar-refractivity contribution is 5.30. The Morgan fingerprint density at radius 3 is 2.63 bits per heavy atom. The van der Waals surface area contributed by atoms with E-state index in [0.29, 0.717) is 25.4 Å². The molecule has 0 atom stereocenters. The van der Waals surface area contributed by atoms with Crippen LogP contribution in [0.4, 0.5) is 4.39 Å². The molecule has 19 heavy (non-hydrogen) atoms. The monoisotopic (exact) mass is 267 g/mol. The van der Waals surface area contributed by atoms with Crippen molar-refractivity contribution in [3.63, 3.8) is 0 Å². The van der Waals surface area contributed by atoms with Crippen molar-refractivity contribution in [3.8, 4) is 5.75 Å². The lowest BCUT2D eigenvalue weighted by Gasteiger charge is -2.24. The first-order valence-electron chi connectivity index (χ1n) is 6.76. The highest BCUT2D eigenvalue weighted by Gasteiger charge is 2.18. The van der Waals surface area contributed by atoms with Gasteiger partial charge in [0.25, 0.3) is 0 Å². The molecule has 2 N–H and O–H groups in total. The third-order valence-electron chi connectivity index (χ3n) is 3.12. The van der Waals surface area contributed by atoms with Crippen LogP contribution in [0.25, 0.3) is 0 Å². The van der Waals surface area contributed by atoms with Gasteiger partial charge >= 0.3 is 0 Å². The lowest BCUT2D eigenvalue weighted by atomic mass is 9.96. The van der Waals surface area contributed by atoms with Crippen molar-refractivity contribution in [1.82, 2.24) is 0 Å². The summed E-state index contributed by atoms with van der Waals surface area (Å²) in [7, 11) is 0. The zero-order chi connectivity index (χ0) is 13.9. The molecule has 0 amide bonds. The van der Waals surface area contributed by atoms with Crippen molar-refractivity contribution >= 4 is 0 Å².